The molecule has 0 spiro atoms. The highest BCUT2D eigenvalue weighted by molar-refractivity contribution is 6.10. The number of fused-ring (bicyclic) bond motifs is 14. The molecule has 0 N–H and O–H groups in total. The molecule has 0 fully saturated rings. The van der Waals surface area contributed by atoms with E-state index in [4.69, 9.17) is 8.83 Å². The maximum absolute atomic E-state index is 6.32. The lowest BCUT2D eigenvalue weighted by molar-refractivity contribution is 0.668. The van der Waals surface area contributed by atoms with E-state index in [9.17, 15) is 0 Å². The van der Waals surface area contributed by atoms with Gasteiger partial charge in [-0.25, -0.2) is 0 Å². The Morgan fingerprint density at radius 1 is 0.157 bits per heavy atom. The van der Waals surface area contributed by atoms with Crippen LogP contribution in [0, 0.1) is 0 Å². The monoisotopic (exact) mass is 1710 g/mol. The minimum absolute atomic E-state index is 0.536. The Bertz CT molecular complexity index is 8500. The lowest BCUT2D eigenvalue weighted by atomic mass is 9.68. The van der Waals surface area contributed by atoms with Gasteiger partial charge in [0.1, 0.15) is 22.3 Å². The second kappa shape index (κ2) is 32.9. The van der Waals surface area contributed by atoms with Gasteiger partial charge in [-0.2, -0.15) is 0 Å². The molecule has 26 rings (SSSR count). The van der Waals surface area contributed by atoms with E-state index in [1.165, 1.54) is 122 Å². The standard InChI is InChI=1S/2C65H43NO/c1-3-19-49(20-4-1)65(50-21-5-2-6-22-50)58-28-12-9-26-56(58)64-59(65)29-16-31-61(64)66(60-30-13-10-24-54(60)48-39-42-63-57(43-48)55-25-11-14-32-62(55)67-63)51-40-37-45(38-41-51)44-33-35-47(36-34-44)53-27-15-18-46-17-7-8-23-52(46)53;1-3-18-51(19-4-1)65(52-20-5-2-6-21-52)58-25-12-9-24-56(58)64-59(65)26-15-28-61(64)66(60-27-13-10-22-54(60)50-38-41-63-57(43-50)55-23-11-14-29-62(55)67-63)53-39-36-46(37-40-53)45-30-32-47(33-31-45)49-35-34-44-16-7-8-17-48(44)42-49/h2*1-43H. The maximum atomic E-state index is 6.32. The first-order valence-corrected chi connectivity index (χ1v) is 46.2. The van der Waals surface area contributed by atoms with Gasteiger partial charge in [0, 0.05) is 55.2 Å². The van der Waals surface area contributed by atoms with Crippen molar-refractivity contribution in [3.8, 4) is 89.0 Å². The molecule has 22 aromatic carbocycles. The van der Waals surface area contributed by atoms with Crippen LogP contribution in [0.25, 0.3) is 154 Å². The number of rotatable bonds is 16. The lowest BCUT2D eigenvalue weighted by Gasteiger charge is -2.34. The zero-order valence-corrected chi connectivity index (χ0v) is 73.4. The smallest absolute Gasteiger partial charge is 0.135 e. The van der Waals surface area contributed by atoms with Crippen LogP contribution in [-0.4, -0.2) is 0 Å². The average molecular weight is 1710 g/mol. The van der Waals surface area contributed by atoms with Crippen LogP contribution in [0.3, 0.4) is 0 Å². The number of furan rings is 2. The Labute approximate surface area is 778 Å². The van der Waals surface area contributed by atoms with E-state index in [-0.39, 0.29) is 0 Å². The zero-order chi connectivity index (χ0) is 88.6. The topological polar surface area (TPSA) is 32.8 Å². The molecule has 4 nitrogen and oxygen atoms in total. The van der Waals surface area contributed by atoms with Crippen LogP contribution in [0.15, 0.2) is 531 Å². The van der Waals surface area contributed by atoms with Crippen molar-refractivity contribution < 1.29 is 8.83 Å². The number of hydrogen-bond donors (Lipinski definition) is 0. The van der Waals surface area contributed by atoms with Crippen molar-refractivity contribution >= 4 is 99.5 Å². The van der Waals surface area contributed by atoms with Gasteiger partial charge in [-0.1, -0.05) is 431 Å². The number of nitrogens with zero attached hydrogens (tertiary/aromatic N) is 2. The summed E-state index contributed by atoms with van der Waals surface area (Å²) in [4.78, 5) is 4.98. The van der Waals surface area contributed by atoms with E-state index in [2.05, 4.69) is 507 Å². The molecule has 134 heavy (non-hydrogen) atoms. The molecule has 0 saturated heterocycles. The first-order chi connectivity index (χ1) is 66.5. The van der Waals surface area contributed by atoms with Crippen molar-refractivity contribution in [3.63, 3.8) is 0 Å². The summed E-state index contributed by atoms with van der Waals surface area (Å²) in [5, 5.41) is 9.46. The van der Waals surface area contributed by atoms with E-state index < -0.39 is 10.8 Å². The van der Waals surface area contributed by atoms with Crippen molar-refractivity contribution in [2.45, 2.75) is 10.8 Å². The number of hydrogen-bond acceptors (Lipinski definition) is 4. The van der Waals surface area contributed by atoms with Gasteiger partial charge in [0.2, 0.25) is 0 Å². The summed E-state index contributed by atoms with van der Waals surface area (Å²) < 4.78 is 12.6. The Balaban J connectivity index is 0.000000143. The van der Waals surface area contributed by atoms with Crippen molar-refractivity contribution in [2.24, 2.45) is 0 Å². The molecular weight excluding hydrogens is 1620 g/mol. The second-order valence-electron chi connectivity index (χ2n) is 35.1. The van der Waals surface area contributed by atoms with Crippen LogP contribution in [0.4, 0.5) is 34.1 Å². The predicted molar refractivity (Wildman–Crippen MR) is 559 cm³/mol. The van der Waals surface area contributed by atoms with Crippen molar-refractivity contribution in [1.82, 2.24) is 0 Å². The van der Waals surface area contributed by atoms with E-state index in [0.717, 1.165) is 111 Å². The Kier molecular flexibility index (Phi) is 19.4. The molecule has 0 atom stereocenters. The molecule has 0 aliphatic heterocycles. The van der Waals surface area contributed by atoms with Crippen LogP contribution < -0.4 is 9.80 Å². The van der Waals surface area contributed by atoms with Crippen LogP contribution in [-0.2, 0) is 10.8 Å². The number of anilines is 6. The molecule has 24 aromatic rings. The highest BCUT2D eigenvalue weighted by atomic mass is 16.3. The van der Waals surface area contributed by atoms with Crippen molar-refractivity contribution in [2.75, 3.05) is 9.80 Å². The maximum Gasteiger partial charge on any atom is 0.135 e. The molecule has 0 radical (unpaired) electrons. The highest BCUT2D eigenvalue weighted by Gasteiger charge is 2.49. The zero-order valence-electron chi connectivity index (χ0n) is 73.4. The summed E-state index contributed by atoms with van der Waals surface area (Å²) in [6.07, 6.45) is 0. The summed E-state index contributed by atoms with van der Waals surface area (Å²) in [5.74, 6) is 0. The predicted octanol–water partition coefficient (Wildman–Crippen LogP) is 35.1. The summed E-state index contributed by atoms with van der Waals surface area (Å²) in [5.41, 5.74) is 38.1. The van der Waals surface area contributed by atoms with Crippen LogP contribution in [0.5, 0.6) is 0 Å². The minimum atomic E-state index is -0.537. The average Bonchev–Trinajstić information content (AvgIpc) is 1.53. The van der Waals surface area contributed by atoms with Gasteiger partial charge < -0.3 is 18.6 Å². The lowest BCUT2D eigenvalue weighted by Crippen LogP contribution is -2.28. The van der Waals surface area contributed by atoms with E-state index >= 15 is 0 Å². The second-order valence-corrected chi connectivity index (χ2v) is 35.1. The summed E-state index contributed by atoms with van der Waals surface area (Å²) in [6.45, 7) is 0. The fourth-order valence-electron chi connectivity index (χ4n) is 21.9. The number of para-hydroxylation sites is 4. The molecule has 2 aromatic heterocycles. The van der Waals surface area contributed by atoms with Crippen LogP contribution >= 0.6 is 0 Å². The van der Waals surface area contributed by atoms with Gasteiger partial charge in [-0.15, -0.1) is 0 Å². The Hall–Kier alpha value is -17.4. The van der Waals surface area contributed by atoms with Gasteiger partial charge >= 0.3 is 0 Å². The van der Waals surface area contributed by atoms with Crippen molar-refractivity contribution in [3.05, 3.63) is 566 Å². The number of benzene rings is 22. The molecule has 2 aliphatic carbocycles. The first kappa shape index (κ1) is 78.8. The van der Waals surface area contributed by atoms with Gasteiger partial charge in [0.05, 0.1) is 33.6 Å². The van der Waals surface area contributed by atoms with Crippen LogP contribution in [0.1, 0.15) is 44.5 Å². The third-order valence-corrected chi connectivity index (χ3v) is 27.9. The molecule has 628 valence electrons. The fourth-order valence-corrected chi connectivity index (χ4v) is 21.9. The molecule has 0 bridgehead atoms. The van der Waals surface area contributed by atoms with Gasteiger partial charge in [-0.3, -0.25) is 0 Å². The Morgan fingerprint density at radius 2 is 0.455 bits per heavy atom. The van der Waals surface area contributed by atoms with Gasteiger partial charge in [0.15, 0.2) is 0 Å². The summed E-state index contributed by atoms with van der Waals surface area (Å²) in [6, 6.07) is 190. The highest BCUT2D eigenvalue weighted by Crippen LogP contribution is 2.63. The van der Waals surface area contributed by atoms with E-state index in [1.54, 1.807) is 0 Å². The fraction of sp³-hybridized carbons (Fsp3) is 0.0154. The minimum Gasteiger partial charge on any atom is -0.456 e. The third kappa shape index (κ3) is 13.1. The molecule has 2 heterocycles. The van der Waals surface area contributed by atoms with Gasteiger partial charge in [-0.05, 0) is 224 Å². The normalized spacial score (nSPS) is 12.6. The third-order valence-electron chi connectivity index (χ3n) is 27.9. The van der Waals surface area contributed by atoms with E-state index in [1.807, 2.05) is 24.3 Å². The molecule has 4 heteroatoms. The molecule has 0 saturated carbocycles. The van der Waals surface area contributed by atoms with Gasteiger partial charge in [0.25, 0.3) is 0 Å². The molecule has 0 unspecified atom stereocenters. The van der Waals surface area contributed by atoms with Crippen LogP contribution in [0.2, 0.25) is 0 Å². The largest absolute Gasteiger partial charge is 0.456 e. The van der Waals surface area contributed by atoms with E-state index in [0.29, 0.717) is 0 Å². The molecular formula is C130H86N2O2. The van der Waals surface area contributed by atoms with Crippen molar-refractivity contribution in [1.29, 1.82) is 0 Å². The Morgan fingerprint density at radius 3 is 0.910 bits per heavy atom. The first-order valence-electron chi connectivity index (χ1n) is 46.2. The molecule has 2 aliphatic rings. The quantitative estimate of drug-likeness (QED) is 0.0965. The molecule has 0 amide bonds. The summed E-state index contributed by atoms with van der Waals surface area (Å²) in [7, 11) is 0. The SMILES string of the molecule is c1ccc(C2(c3ccccc3)c3ccccc3-c3c(N(c4ccc(-c5ccc(-c6ccc7ccccc7c6)cc5)cc4)c4ccccc4-c4ccc5oc6ccccc6c5c4)cccc32)cc1.c1ccc(C2(c3ccccc3)c3ccccc3-c3c(N(c4ccc(-c5ccc(-c6cccc7ccccc67)cc5)cc4)c4ccccc4-c4ccc5oc6ccccc6c5c4)cccc32)cc1. The summed E-state index contributed by atoms with van der Waals surface area (Å²) >= 11 is 0.